The van der Waals surface area contributed by atoms with Crippen molar-refractivity contribution in [3.63, 3.8) is 0 Å². The zero-order chi connectivity index (χ0) is 25.3. The molecular formula is C25H32F3N3O2S. The molecule has 0 aromatic carbocycles. The summed E-state index contributed by atoms with van der Waals surface area (Å²) in [7, 11) is 0. The highest BCUT2D eigenvalue weighted by Gasteiger charge is 2.45. The van der Waals surface area contributed by atoms with Crippen LogP contribution in [0, 0.1) is 5.92 Å². The quantitative estimate of drug-likeness (QED) is 0.511. The molecule has 0 saturated heterocycles. The van der Waals surface area contributed by atoms with E-state index in [0.29, 0.717) is 17.0 Å². The van der Waals surface area contributed by atoms with Gasteiger partial charge in [0.15, 0.2) is 0 Å². The summed E-state index contributed by atoms with van der Waals surface area (Å²) in [5.41, 5.74) is -0.400. The number of carbonyl (C=O) groups is 2. The number of rotatable bonds is 4. The molecule has 186 valence electrons. The number of anilines is 1. The van der Waals surface area contributed by atoms with Crippen LogP contribution in [0.2, 0.25) is 0 Å². The van der Waals surface area contributed by atoms with Crippen LogP contribution in [0.1, 0.15) is 81.6 Å². The van der Waals surface area contributed by atoms with Crippen molar-refractivity contribution < 1.29 is 22.8 Å². The van der Waals surface area contributed by atoms with Crippen molar-refractivity contribution in [3.05, 3.63) is 39.3 Å². The van der Waals surface area contributed by atoms with Gasteiger partial charge in [0.25, 0.3) is 11.8 Å². The van der Waals surface area contributed by atoms with E-state index in [2.05, 4.69) is 29.8 Å². The third-order valence-electron chi connectivity index (χ3n) is 6.84. The first-order valence-corrected chi connectivity index (χ1v) is 12.4. The molecule has 3 aliphatic rings. The summed E-state index contributed by atoms with van der Waals surface area (Å²) in [5.74, 6) is -1.59. The second-order valence-corrected chi connectivity index (χ2v) is 12.3. The van der Waals surface area contributed by atoms with Crippen molar-refractivity contribution in [2.24, 2.45) is 5.92 Å². The molecule has 1 aromatic rings. The molecule has 1 atom stereocenters. The lowest BCUT2D eigenvalue weighted by atomic mass is 9.81. The first-order valence-electron chi connectivity index (χ1n) is 11.6. The van der Waals surface area contributed by atoms with Gasteiger partial charge in [-0.1, -0.05) is 13.0 Å². The van der Waals surface area contributed by atoms with Gasteiger partial charge in [0, 0.05) is 32.6 Å². The molecule has 0 spiro atoms. The summed E-state index contributed by atoms with van der Waals surface area (Å²) in [6.07, 6.45) is 0.469. The van der Waals surface area contributed by atoms with E-state index in [-0.39, 0.29) is 29.0 Å². The van der Waals surface area contributed by atoms with Gasteiger partial charge in [-0.25, -0.2) is 0 Å². The Bertz CT molecular complexity index is 1110. The molecule has 0 bridgehead atoms. The topological polar surface area (TPSA) is 70.2 Å². The highest BCUT2D eigenvalue weighted by molar-refractivity contribution is 7.17. The molecule has 1 aliphatic heterocycles. The third kappa shape index (κ3) is 4.82. The lowest BCUT2D eigenvalue weighted by molar-refractivity contribution is -0.112. The molecule has 0 radical (unpaired) electrons. The summed E-state index contributed by atoms with van der Waals surface area (Å²) < 4.78 is 40.2. The lowest BCUT2D eigenvalue weighted by Crippen LogP contribution is -2.55. The maximum Gasteiger partial charge on any atom is 0.412 e. The Hall–Kier alpha value is -2.13. The second kappa shape index (κ2) is 7.95. The number of thiophene rings is 1. The fraction of sp³-hybridized carbons (Fsp3) is 0.600. The molecule has 1 unspecified atom stereocenters. The minimum atomic E-state index is -4.49. The van der Waals surface area contributed by atoms with Gasteiger partial charge in [-0.2, -0.15) is 13.2 Å². The molecule has 1 fully saturated rings. The Morgan fingerprint density at radius 2 is 1.76 bits per heavy atom. The minimum Gasteiger partial charge on any atom is -0.347 e. The summed E-state index contributed by atoms with van der Waals surface area (Å²) in [6.45, 7) is 11.7. The average molecular weight is 496 g/mol. The summed E-state index contributed by atoms with van der Waals surface area (Å²) >= 11 is 1.32. The Morgan fingerprint density at radius 1 is 1.12 bits per heavy atom. The predicted molar refractivity (Wildman–Crippen MR) is 128 cm³/mol. The van der Waals surface area contributed by atoms with Gasteiger partial charge >= 0.3 is 6.18 Å². The number of allylic oxidation sites excluding steroid dienone is 2. The molecular weight excluding hydrogens is 463 g/mol. The van der Waals surface area contributed by atoms with Gasteiger partial charge in [0.05, 0.1) is 5.56 Å². The van der Waals surface area contributed by atoms with E-state index in [1.54, 1.807) is 0 Å². The first kappa shape index (κ1) is 25.0. The zero-order valence-corrected chi connectivity index (χ0v) is 21.2. The highest BCUT2D eigenvalue weighted by Crippen LogP contribution is 2.46. The van der Waals surface area contributed by atoms with Crippen molar-refractivity contribution in [1.82, 2.24) is 10.6 Å². The van der Waals surface area contributed by atoms with Crippen LogP contribution in [0.4, 0.5) is 18.2 Å². The van der Waals surface area contributed by atoms with Crippen LogP contribution in [-0.4, -0.2) is 29.1 Å². The Balaban J connectivity index is 1.72. The van der Waals surface area contributed by atoms with E-state index in [1.807, 2.05) is 20.8 Å². The van der Waals surface area contributed by atoms with E-state index in [9.17, 15) is 22.8 Å². The van der Waals surface area contributed by atoms with E-state index in [4.69, 9.17) is 0 Å². The van der Waals surface area contributed by atoms with Crippen LogP contribution in [0.15, 0.2) is 23.3 Å². The van der Waals surface area contributed by atoms with Crippen LogP contribution in [0.5, 0.6) is 0 Å². The summed E-state index contributed by atoms with van der Waals surface area (Å²) in [6, 6.07) is 0. The van der Waals surface area contributed by atoms with Crippen LogP contribution >= 0.6 is 11.3 Å². The SMILES string of the molecule is CC1CC=C(C(=O)Nc2sc3c(c2C(=O)NC2(C)CC2)CC(C)(C)NC3(C)C)C=C1C(F)(F)F. The molecule has 2 heterocycles. The van der Waals surface area contributed by atoms with Crippen LogP contribution < -0.4 is 16.0 Å². The molecule has 2 amide bonds. The van der Waals surface area contributed by atoms with Crippen LogP contribution in [-0.2, 0) is 16.8 Å². The molecule has 2 aliphatic carbocycles. The smallest absolute Gasteiger partial charge is 0.347 e. The van der Waals surface area contributed by atoms with Gasteiger partial charge in [-0.15, -0.1) is 11.3 Å². The van der Waals surface area contributed by atoms with Crippen molar-refractivity contribution in [2.45, 2.75) is 90.0 Å². The van der Waals surface area contributed by atoms with Crippen molar-refractivity contribution >= 4 is 28.2 Å². The second-order valence-electron chi connectivity index (χ2n) is 11.3. The van der Waals surface area contributed by atoms with Crippen molar-refractivity contribution in [3.8, 4) is 0 Å². The highest BCUT2D eigenvalue weighted by atomic mass is 32.1. The van der Waals surface area contributed by atoms with Gasteiger partial charge in [0.2, 0.25) is 0 Å². The fourth-order valence-electron chi connectivity index (χ4n) is 5.00. The van der Waals surface area contributed by atoms with Gasteiger partial charge in [-0.05, 0) is 77.9 Å². The molecule has 9 heteroatoms. The van der Waals surface area contributed by atoms with E-state index in [1.165, 1.54) is 24.3 Å². The summed E-state index contributed by atoms with van der Waals surface area (Å²) in [5, 5.41) is 9.84. The van der Waals surface area contributed by atoms with Crippen molar-refractivity contribution in [2.75, 3.05) is 5.32 Å². The van der Waals surface area contributed by atoms with E-state index >= 15 is 0 Å². The maximum atomic E-state index is 13.4. The number of hydrogen-bond donors (Lipinski definition) is 3. The van der Waals surface area contributed by atoms with Gasteiger partial charge in [-0.3, -0.25) is 9.59 Å². The van der Waals surface area contributed by atoms with E-state index < -0.39 is 29.1 Å². The average Bonchev–Trinajstić information content (AvgIpc) is 3.27. The molecule has 3 N–H and O–H groups in total. The lowest BCUT2D eigenvalue weighted by Gasteiger charge is -2.42. The maximum absolute atomic E-state index is 13.4. The molecule has 1 aromatic heterocycles. The van der Waals surface area contributed by atoms with E-state index in [0.717, 1.165) is 29.4 Å². The number of alkyl halides is 3. The monoisotopic (exact) mass is 495 g/mol. The zero-order valence-electron chi connectivity index (χ0n) is 20.4. The molecule has 34 heavy (non-hydrogen) atoms. The molecule has 4 rings (SSSR count). The fourth-order valence-corrected chi connectivity index (χ4v) is 6.27. The normalized spacial score (nSPS) is 24.4. The number of nitrogens with one attached hydrogen (secondary N) is 3. The number of amides is 2. The molecule has 5 nitrogen and oxygen atoms in total. The van der Waals surface area contributed by atoms with Crippen LogP contribution in [0.3, 0.4) is 0 Å². The number of fused-ring (bicyclic) bond motifs is 1. The minimum absolute atomic E-state index is 0.0324. The number of hydrogen-bond acceptors (Lipinski definition) is 4. The van der Waals surface area contributed by atoms with Crippen molar-refractivity contribution in [1.29, 1.82) is 0 Å². The first-order chi connectivity index (χ1) is 15.5. The number of halogens is 3. The van der Waals surface area contributed by atoms with Crippen LogP contribution in [0.25, 0.3) is 0 Å². The Kier molecular flexibility index (Phi) is 5.84. The Morgan fingerprint density at radius 3 is 2.35 bits per heavy atom. The Labute approximate surface area is 202 Å². The summed E-state index contributed by atoms with van der Waals surface area (Å²) in [4.78, 5) is 27.4. The standard InChI is InChI=1S/C25H32F3N3O2S/c1-13-7-8-14(11-16(13)25(26,27)28)19(32)29-21-17(20(33)30-24(6)9-10-24)15-12-22(2,3)31-23(4,5)18(15)34-21/h8,11,13,31H,7,9-10,12H2,1-6H3,(H,29,32)(H,30,33). The van der Waals surface area contributed by atoms with Gasteiger partial charge in [0.1, 0.15) is 5.00 Å². The predicted octanol–water partition coefficient (Wildman–Crippen LogP) is 5.58. The molecule has 1 saturated carbocycles. The van der Waals surface area contributed by atoms with Gasteiger partial charge < -0.3 is 16.0 Å². The largest absolute Gasteiger partial charge is 0.412 e. The third-order valence-corrected chi connectivity index (χ3v) is 8.31. The number of carbonyl (C=O) groups excluding carboxylic acids is 2.